The summed E-state index contributed by atoms with van der Waals surface area (Å²) < 4.78 is 0. The van der Waals surface area contributed by atoms with Gasteiger partial charge >= 0.3 is 0 Å². The Labute approximate surface area is 115 Å². The maximum Gasteiger partial charge on any atom is 0.0821 e. The van der Waals surface area contributed by atoms with Gasteiger partial charge in [-0.2, -0.15) is 0 Å². The van der Waals surface area contributed by atoms with Gasteiger partial charge in [0.05, 0.1) is 11.7 Å². The zero-order valence-electron chi connectivity index (χ0n) is 12.0. The van der Waals surface area contributed by atoms with Crippen LogP contribution in [0.5, 0.6) is 0 Å². The van der Waals surface area contributed by atoms with E-state index in [4.69, 9.17) is 0 Å². The zero-order chi connectivity index (χ0) is 13.9. The van der Waals surface area contributed by atoms with Gasteiger partial charge in [0.1, 0.15) is 0 Å². The van der Waals surface area contributed by atoms with Crippen molar-refractivity contribution < 1.29 is 10.2 Å². The number of aliphatic hydroxyl groups excluding tert-OH is 1. The van der Waals surface area contributed by atoms with Crippen LogP contribution in [0.15, 0.2) is 24.3 Å². The molecule has 0 unspecified atom stereocenters. The lowest BCUT2D eigenvalue weighted by atomic mass is 10.00. The van der Waals surface area contributed by atoms with Gasteiger partial charge in [-0.05, 0) is 25.3 Å². The van der Waals surface area contributed by atoms with E-state index < -0.39 is 11.7 Å². The van der Waals surface area contributed by atoms with Crippen LogP contribution in [-0.2, 0) is 0 Å². The first-order valence-corrected chi connectivity index (χ1v) is 7.26. The molecule has 1 aromatic carbocycles. The van der Waals surface area contributed by atoms with Crippen molar-refractivity contribution >= 4 is 5.69 Å². The Hall–Kier alpha value is -1.06. The molecule has 0 aliphatic heterocycles. The molecule has 1 fully saturated rings. The number of likely N-dealkylation sites (N-methyl/N-ethyl adjacent to an activating group) is 1. The van der Waals surface area contributed by atoms with Crippen molar-refractivity contribution in [3.8, 4) is 0 Å². The smallest absolute Gasteiger partial charge is 0.0821 e. The third kappa shape index (κ3) is 3.28. The highest BCUT2D eigenvalue weighted by Crippen LogP contribution is 2.33. The van der Waals surface area contributed by atoms with E-state index in [0.717, 1.165) is 36.9 Å². The second kappa shape index (κ2) is 5.93. The highest BCUT2D eigenvalue weighted by molar-refractivity contribution is 5.54. The van der Waals surface area contributed by atoms with Gasteiger partial charge in [-0.3, -0.25) is 0 Å². The number of nitrogens with zero attached hydrogens (tertiary/aromatic N) is 1. The predicted molar refractivity (Wildman–Crippen MR) is 78.4 cm³/mol. The summed E-state index contributed by atoms with van der Waals surface area (Å²) in [6.07, 6.45) is 4.27. The molecular formula is C16H25NO2. The van der Waals surface area contributed by atoms with Crippen LogP contribution in [0.25, 0.3) is 0 Å². The van der Waals surface area contributed by atoms with Crippen LogP contribution in [0.2, 0.25) is 0 Å². The minimum Gasteiger partial charge on any atom is -0.388 e. The van der Waals surface area contributed by atoms with Crippen molar-refractivity contribution in [2.75, 3.05) is 18.5 Å². The van der Waals surface area contributed by atoms with Crippen molar-refractivity contribution in [3.05, 3.63) is 29.8 Å². The lowest BCUT2D eigenvalue weighted by molar-refractivity contribution is 0.0557. The van der Waals surface area contributed by atoms with Gasteiger partial charge in [-0.1, -0.05) is 38.0 Å². The van der Waals surface area contributed by atoms with Crippen LogP contribution >= 0.6 is 0 Å². The van der Waals surface area contributed by atoms with Crippen molar-refractivity contribution in [2.45, 2.75) is 50.7 Å². The number of benzene rings is 1. The van der Waals surface area contributed by atoms with E-state index in [-0.39, 0.29) is 0 Å². The van der Waals surface area contributed by atoms with Gasteiger partial charge < -0.3 is 15.1 Å². The Balaban J connectivity index is 2.16. The summed E-state index contributed by atoms with van der Waals surface area (Å²) in [7, 11) is 2.00. The lowest BCUT2D eigenvalue weighted by Crippen LogP contribution is -2.39. The molecule has 0 radical (unpaired) electrons. The Morgan fingerprint density at radius 2 is 1.89 bits per heavy atom. The topological polar surface area (TPSA) is 43.7 Å². The maximum absolute atomic E-state index is 10.5. The summed E-state index contributed by atoms with van der Waals surface area (Å²) in [6.45, 7) is 2.62. The fraction of sp³-hybridized carbons (Fsp3) is 0.625. The van der Waals surface area contributed by atoms with E-state index in [0.29, 0.717) is 13.0 Å². The molecule has 1 aromatic rings. The van der Waals surface area contributed by atoms with Crippen molar-refractivity contribution in [1.82, 2.24) is 0 Å². The summed E-state index contributed by atoms with van der Waals surface area (Å²) >= 11 is 0. The summed E-state index contributed by atoms with van der Waals surface area (Å²) in [5.41, 5.74) is 1.42. The predicted octanol–water partition coefficient (Wildman–Crippen LogP) is 2.87. The largest absolute Gasteiger partial charge is 0.388 e. The van der Waals surface area contributed by atoms with E-state index in [1.807, 2.05) is 38.2 Å². The summed E-state index contributed by atoms with van der Waals surface area (Å²) in [4.78, 5) is 2.08. The standard InChI is InChI=1S/C16H25NO2/c1-3-15(18)13-8-4-5-9-14(13)17(2)12-16(19)10-6-7-11-16/h4-5,8-9,15,18-19H,3,6-7,10-12H2,1-2H3/t15-/m1/s1. The van der Waals surface area contributed by atoms with Gasteiger partial charge in [-0.25, -0.2) is 0 Å². The molecule has 1 atom stereocenters. The third-order valence-corrected chi connectivity index (χ3v) is 4.16. The van der Waals surface area contributed by atoms with Gasteiger partial charge in [0.25, 0.3) is 0 Å². The first kappa shape index (κ1) is 14.4. The molecule has 2 rings (SSSR count). The fourth-order valence-electron chi connectivity index (χ4n) is 3.05. The third-order valence-electron chi connectivity index (χ3n) is 4.16. The monoisotopic (exact) mass is 263 g/mol. The number of rotatable bonds is 5. The Morgan fingerprint density at radius 1 is 1.26 bits per heavy atom. The SMILES string of the molecule is CC[C@@H](O)c1ccccc1N(C)CC1(O)CCCC1. The van der Waals surface area contributed by atoms with Crippen LogP contribution in [0, 0.1) is 0 Å². The second-order valence-corrected chi connectivity index (χ2v) is 5.77. The zero-order valence-corrected chi connectivity index (χ0v) is 12.0. The summed E-state index contributed by atoms with van der Waals surface area (Å²) in [5, 5.41) is 20.6. The number of aliphatic hydroxyl groups is 2. The van der Waals surface area contributed by atoms with Crippen molar-refractivity contribution in [2.24, 2.45) is 0 Å². The highest BCUT2D eigenvalue weighted by atomic mass is 16.3. The Morgan fingerprint density at radius 3 is 2.53 bits per heavy atom. The average molecular weight is 263 g/mol. The average Bonchev–Trinajstić information content (AvgIpc) is 2.84. The van der Waals surface area contributed by atoms with Crippen LogP contribution < -0.4 is 4.90 Å². The quantitative estimate of drug-likeness (QED) is 0.858. The van der Waals surface area contributed by atoms with Crippen LogP contribution in [-0.4, -0.2) is 29.4 Å². The first-order chi connectivity index (χ1) is 9.06. The van der Waals surface area contributed by atoms with Crippen molar-refractivity contribution in [3.63, 3.8) is 0 Å². The van der Waals surface area contributed by atoms with E-state index in [1.54, 1.807) is 0 Å². The molecule has 3 nitrogen and oxygen atoms in total. The molecule has 2 N–H and O–H groups in total. The van der Waals surface area contributed by atoms with Gasteiger partial charge in [-0.15, -0.1) is 0 Å². The maximum atomic E-state index is 10.5. The van der Waals surface area contributed by atoms with Gasteiger partial charge in [0.15, 0.2) is 0 Å². The van der Waals surface area contributed by atoms with Crippen LogP contribution in [0.3, 0.4) is 0 Å². The molecular weight excluding hydrogens is 238 g/mol. The first-order valence-electron chi connectivity index (χ1n) is 7.26. The number of para-hydroxylation sites is 1. The molecule has 0 spiro atoms. The fourth-order valence-corrected chi connectivity index (χ4v) is 3.05. The Kier molecular flexibility index (Phi) is 4.48. The molecule has 1 aliphatic rings. The molecule has 1 aliphatic carbocycles. The number of hydrogen-bond acceptors (Lipinski definition) is 3. The second-order valence-electron chi connectivity index (χ2n) is 5.77. The molecule has 1 saturated carbocycles. The molecule has 0 bridgehead atoms. The summed E-state index contributed by atoms with van der Waals surface area (Å²) in [6, 6.07) is 7.93. The van der Waals surface area contributed by atoms with Gasteiger partial charge in [0.2, 0.25) is 0 Å². The number of anilines is 1. The molecule has 0 amide bonds. The van der Waals surface area contributed by atoms with Gasteiger partial charge in [0, 0.05) is 24.8 Å². The van der Waals surface area contributed by atoms with Crippen LogP contribution in [0.4, 0.5) is 5.69 Å². The molecule has 0 saturated heterocycles. The van der Waals surface area contributed by atoms with Crippen LogP contribution in [0.1, 0.15) is 50.7 Å². The molecule has 0 heterocycles. The number of hydrogen-bond donors (Lipinski definition) is 2. The van der Waals surface area contributed by atoms with Crippen molar-refractivity contribution in [1.29, 1.82) is 0 Å². The van der Waals surface area contributed by atoms with E-state index >= 15 is 0 Å². The van der Waals surface area contributed by atoms with E-state index in [2.05, 4.69) is 4.90 Å². The molecule has 3 heteroatoms. The van der Waals surface area contributed by atoms with E-state index in [9.17, 15) is 10.2 Å². The Bertz CT molecular complexity index is 413. The minimum absolute atomic E-state index is 0.433. The lowest BCUT2D eigenvalue weighted by Gasteiger charge is -2.32. The molecule has 106 valence electrons. The summed E-state index contributed by atoms with van der Waals surface area (Å²) in [5.74, 6) is 0. The highest BCUT2D eigenvalue weighted by Gasteiger charge is 2.32. The normalized spacial score (nSPS) is 19.4. The minimum atomic E-state index is -0.557. The van der Waals surface area contributed by atoms with E-state index in [1.165, 1.54) is 0 Å². The molecule has 19 heavy (non-hydrogen) atoms. The molecule has 0 aromatic heterocycles.